The van der Waals surface area contributed by atoms with Gasteiger partial charge in [-0.3, -0.25) is 62.3 Å². The normalized spacial score (nSPS) is 25.1. The standard InChI is InChI=1S/C70H126N14O14/c1-25-27-30-45(15)59(98-55(86)37-73-61(88)48(72)31-28-29-32-71)58-64(91)76-49(26-2)66(93)78(18)38-54(85)79(19)50(33-39(3)4)63(90)77-56(43(11)12)69(96)80(20)51(34-40(5)6)62(89)74-46(16)60(87)75-47(17)65(92)81(21)52(35-41(7)8)67(94)82(22)53(36-42(9)10)68(95)83(23)57(44(13)14)70(97)84(58)24/h25,27,39-53,56-59H,26,28-38,71-72H2,1-24H3,(H,73,88)(H,74,89)(H,75,87)(H,76,91)(H,77,90)/p+2/b27-25+/t45-,46+,47-,48+,49+,50+,51+,52+,53+,56+,57+,58+,59-/m1/s1. The van der Waals surface area contributed by atoms with Crippen molar-refractivity contribution < 1.29 is 78.5 Å². The number of carbonyl (C=O) groups is 13. The number of nitrogens with one attached hydrogen (secondary N) is 5. The number of carbonyl (C=O) groups excluding carboxylic acids is 13. The SMILES string of the molecule is C/C=C/C[C@@H](C)[C@@H](OC(=O)CNC(=O)[C@@H]([NH3+])CCCC[NH3+])[C@H]1C(=O)N[C@@H](CC)C(=O)N(C)CC(=O)N(C)[C@@H](CC(C)C)C(=O)N[C@@H](C(C)C)C(=O)N(C)[C@@H](CC(C)C)C(=O)N[C@@H](C)C(=O)N[C@H](C)C(=O)N(C)[C@@H](CC(C)C)C(=O)N(C)[C@@H](CC(C)C)C(=O)N(C)[C@@H](C(C)C)C(=O)N1C. The highest BCUT2D eigenvalue weighted by atomic mass is 16.5. The van der Waals surface area contributed by atoms with Gasteiger partial charge in [-0.15, -0.1) is 0 Å². The fraction of sp³-hybridized carbons (Fsp3) is 0.786. The third-order valence-electron chi connectivity index (χ3n) is 18.1. The van der Waals surface area contributed by atoms with Crippen molar-refractivity contribution in [1.82, 2.24) is 60.9 Å². The molecule has 1 rings (SSSR count). The van der Waals surface area contributed by atoms with Crippen LogP contribution in [0.3, 0.4) is 0 Å². The first-order valence-corrected chi connectivity index (χ1v) is 35.2. The third kappa shape index (κ3) is 26.5. The fourth-order valence-corrected chi connectivity index (χ4v) is 12.0. The van der Waals surface area contributed by atoms with Crippen LogP contribution >= 0.6 is 0 Å². The van der Waals surface area contributed by atoms with E-state index in [2.05, 4.69) is 38.1 Å². The highest BCUT2D eigenvalue weighted by molar-refractivity contribution is 6.00. The maximum atomic E-state index is 15.7. The molecule has 12 amide bonds. The number of allylic oxidation sites excluding steroid dienone is 2. The highest BCUT2D eigenvalue weighted by Crippen LogP contribution is 2.27. The van der Waals surface area contributed by atoms with Gasteiger partial charge in [0.2, 0.25) is 65.0 Å². The Labute approximate surface area is 584 Å². The van der Waals surface area contributed by atoms with Crippen molar-refractivity contribution in [3.05, 3.63) is 12.2 Å². The summed E-state index contributed by atoms with van der Waals surface area (Å²) in [6, 6.07) is -13.7. The summed E-state index contributed by atoms with van der Waals surface area (Å²) in [4.78, 5) is 199. The molecule has 1 heterocycles. The maximum Gasteiger partial charge on any atom is 0.325 e. The molecule has 0 saturated carbocycles. The van der Waals surface area contributed by atoms with E-state index in [4.69, 9.17) is 4.74 Å². The minimum absolute atomic E-state index is 0.0591. The van der Waals surface area contributed by atoms with Crippen molar-refractivity contribution in [2.75, 3.05) is 69.0 Å². The van der Waals surface area contributed by atoms with Crippen LogP contribution in [0.4, 0.5) is 0 Å². The summed E-state index contributed by atoms with van der Waals surface area (Å²) in [6.45, 7) is 29.0. The second-order valence-corrected chi connectivity index (χ2v) is 29.3. The van der Waals surface area contributed by atoms with Gasteiger partial charge in [0.15, 0.2) is 6.04 Å². The lowest BCUT2D eigenvalue weighted by Gasteiger charge is -2.42. The number of nitrogens with zero attached hydrogens (tertiary/aromatic N) is 7. The lowest BCUT2D eigenvalue weighted by Crippen LogP contribution is -2.67. The molecular formula is C70H128N14O14+2. The first-order chi connectivity index (χ1) is 45.4. The van der Waals surface area contributed by atoms with Gasteiger partial charge in [0, 0.05) is 55.8 Å². The molecule has 0 aromatic heterocycles. The number of unbranched alkanes of at least 4 members (excludes halogenated alkanes) is 1. The van der Waals surface area contributed by atoms with Crippen LogP contribution in [0.2, 0.25) is 0 Å². The van der Waals surface area contributed by atoms with Crippen LogP contribution in [0.5, 0.6) is 0 Å². The van der Waals surface area contributed by atoms with Crippen LogP contribution in [-0.2, 0) is 67.1 Å². The van der Waals surface area contributed by atoms with Gasteiger partial charge in [0.25, 0.3) is 5.91 Å². The van der Waals surface area contributed by atoms with E-state index < -0.39 is 180 Å². The molecule has 13 atom stereocenters. The van der Waals surface area contributed by atoms with Gasteiger partial charge in [-0.05, 0) is 114 Å². The van der Waals surface area contributed by atoms with Crippen molar-refractivity contribution in [2.45, 2.75) is 248 Å². The van der Waals surface area contributed by atoms with Gasteiger partial charge in [-0.1, -0.05) is 109 Å². The van der Waals surface area contributed by atoms with Crippen LogP contribution in [0.1, 0.15) is 175 Å². The summed E-state index contributed by atoms with van der Waals surface area (Å²) in [6.07, 6.45) is 4.51. The number of amides is 12. The van der Waals surface area contributed by atoms with Crippen molar-refractivity contribution in [3.8, 4) is 0 Å². The molecule has 0 bridgehead atoms. The average Bonchev–Trinajstić information content (AvgIpc) is 0.875. The van der Waals surface area contributed by atoms with Gasteiger partial charge in [0.1, 0.15) is 73.1 Å². The molecule has 0 aromatic carbocycles. The van der Waals surface area contributed by atoms with Gasteiger partial charge >= 0.3 is 5.97 Å². The molecule has 0 aromatic rings. The van der Waals surface area contributed by atoms with Crippen molar-refractivity contribution in [2.24, 2.45) is 41.4 Å². The molecule has 28 heteroatoms. The third-order valence-corrected chi connectivity index (χ3v) is 18.1. The Morgan fingerprint density at radius 2 is 1.00 bits per heavy atom. The van der Waals surface area contributed by atoms with Crippen LogP contribution in [0.15, 0.2) is 12.2 Å². The van der Waals surface area contributed by atoms with E-state index >= 15 is 19.2 Å². The molecule has 0 unspecified atom stereocenters. The molecule has 1 fully saturated rings. The van der Waals surface area contributed by atoms with Crippen LogP contribution in [0, 0.1) is 41.4 Å². The zero-order valence-corrected chi connectivity index (χ0v) is 63.9. The first-order valence-electron chi connectivity index (χ1n) is 35.2. The summed E-state index contributed by atoms with van der Waals surface area (Å²) in [5, 5.41) is 13.6. The Balaban J connectivity index is 4.54. The number of ether oxygens (including phenoxy) is 1. The number of hydrogen-bond donors (Lipinski definition) is 7. The quantitative estimate of drug-likeness (QED) is 0.0426. The van der Waals surface area contributed by atoms with Crippen molar-refractivity contribution in [3.63, 3.8) is 0 Å². The molecule has 1 aliphatic rings. The number of esters is 1. The second kappa shape index (κ2) is 42.0. The summed E-state index contributed by atoms with van der Waals surface area (Å²) in [7, 11) is 9.76. The lowest BCUT2D eigenvalue weighted by atomic mass is 9.91. The monoisotopic (exact) mass is 1390 g/mol. The highest BCUT2D eigenvalue weighted by Gasteiger charge is 2.47. The molecule has 11 N–H and O–H groups in total. The van der Waals surface area contributed by atoms with E-state index in [-0.39, 0.29) is 62.2 Å². The largest absolute Gasteiger partial charge is 0.458 e. The average molecular weight is 1390 g/mol. The number of rotatable bonds is 23. The first kappa shape index (κ1) is 88.8. The van der Waals surface area contributed by atoms with Crippen molar-refractivity contribution >= 4 is 76.9 Å². The smallest absolute Gasteiger partial charge is 0.325 e. The minimum Gasteiger partial charge on any atom is -0.458 e. The number of hydrogen-bond acceptors (Lipinski definition) is 14. The zero-order valence-electron chi connectivity index (χ0n) is 63.9. The predicted molar refractivity (Wildman–Crippen MR) is 374 cm³/mol. The van der Waals surface area contributed by atoms with Crippen molar-refractivity contribution in [1.29, 1.82) is 0 Å². The molecule has 0 radical (unpaired) electrons. The van der Waals surface area contributed by atoms with Gasteiger partial charge in [-0.25, -0.2) is 0 Å². The minimum atomic E-state index is -1.75. The molecule has 560 valence electrons. The molecule has 98 heavy (non-hydrogen) atoms. The second-order valence-electron chi connectivity index (χ2n) is 29.3. The van der Waals surface area contributed by atoms with Crippen LogP contribution < -0.4 is 38.1 Å². The van der Waals surface area contributed by atoms with Crippen LogP contribution in [-0.4, -0.2) is 253 Å². The summed E-state index contributed by atoms with van der Waals surface area (Å²) >= 11 is 0. The van der Waals surface area contributed by atoms with E-state index in [1.54, 1.807) is 60.6 Å². The Hall–Kier alpha value is -7.23. The van der Waals surface area contributed by atoms with Gasteiger partial charge in [-0.2, -0.15) is 0 Å². The zero-order chi connectivity index (χ0) is 75.7. The Bertz CT molecular complexity index is 2720. The molecular weight excluding hydrogens is 1260 g/mol. The lowest BCUT2D eigenvalue weighted by molar-refractivity contribution is -0.406. The van der Waals surface area contributed by atoms with Gasteiger partial charge < -0.3 is 77.1 Å². The maximum absolute atomic E-state index is 15.7. The molecule has 1 aliphatic heterocycles. The fourth-order valence-electron chi connectivity index (χ4n) is 12.0. The van der Waals surface area contributed by atoms with Crippen LogP contribution in [0.25, 0.3) is 0 Å². The summed E-state index contributed by atoms with van der Waals surface area (Å²) in [5.41, 5.74) is 7.79. The Morgan fingerprint density at radius 1 is 0.541 bits per heavy atom. The molecule has 28 nitrogen and oxygen atoms in total. The topological polar surface area (TPSA) is 369 Å². The van der Waals surface area contributed by atoms with E-state index in [9.17, 15) is 43.2 Å². The summed E-state index contributed by atoms with van der Waals surface area (Å²) in [5.74, 6) is -12.1. The Kier molecular flexibility index (Phi) is 38.1. The summed E-state index contributed by atoms with van der Waals surface area (Å²) < 4.78 is 6.21. The van der Waals surface area contributed by atoms with E-state index in [1.807, 2.05) is 55.4 Å². The molecule has 0 aliphatic carbocycles. The molecule has 0 spiro atoms. The predicted octanol–water partition coefficient (Wildman–Crippen LogP) is 0.959. The van der Waals surface area contributed by atoms with E-state index in [0.717, 1.165) is 16.2 Å². The van der Waals surface area contributed by atoms with E-state index in [1.165, 1.54) is 87.7 Å². The van der Waals surface area contributed by atoms with Gasteiger partial charge in [0.05, 0.1) is 13.1 Å². The number of quaternary nitrogens is 2. The Morgan fingerprint density at radius 3 is 1.48 bits per heavy atom. The number of likely N-dealkylation sites (N-methyl/N-ethyl adjacent to an activating group) is 7. The molecule has 1 saturated heterocycles. The van der Waals surface area contributed by atoms with E-state index in [0.29, 0.717) is 19.4 Å².